The van der Waals surface area contributed by atoms with Crippen molar-refractivity contribution in [3.63, 3.8) is 0 Å². The molecule has 19 heavy (non-hydrogen) atoms. The highest BCUT2D eigenvalue weighted by atomic mass is 15.1. The summed E-state index contributed by atoms with van der Waals surface area (Å²) in [5.74, 6) is 1.82. The molecule has 0 radical (unpaired) electrons. The zero-order valence-electron chi connectivity index (χ0n) is 13.5. The minimum Gasteiger partial charge on any atom is -0.314 e. The Kier molecular flexibility index (Phi) is 5.30. The standard InChI is InChI=1S/C17H34N2/c1-17(2,3)15-7-9-16(10-8-15)18-12-14-6-5-11-19(4)13-14/h14-16,18H,5-13H2,1-4H3. The Balaban J connectivity index is 1.66. The van der Waals surface area contributed by atoms with E-state index in [2.05, 4.69) is 38.0 Å². The van der Waals surface area contributed by atoms with Crippen LogP contribution in [-0.4, -0.2) is 37.6 Å². The Morgan fingerprint density at radius 1 is 1.05 bits per heavy atom. The van der Waals surface area contributed by atoms with Gasteiger partial charge in [-0.1, -0.05) is 20.8 Å². The Morgan fingerprint density at radius 2 is 1.74 bits per heavy atom. The highest BCUT2D eigenvalue weighted by Crippen LogP contribution is 2.37. The molecule has 0 amide bonds. The van der Waals surface area contributed by atoms with Gasteiger partial charge in [0, 0.05) is 12.6 Å². The maximum atomic E-state index is 3.86. The maximum Gasteiger partial charge on any atom is 0.00673 e. The second kappa shape index (κ2) is 6.58. The number of nitrogens with zero attached hydrogens (tertiary/aromatic N) is 1. The number of rotatable bonds is 3. The van der Waals surface area contributed by atoms with Gasteiger partial charge in [-0.2, -0.15) is 0 Å². The Hall–Kier alpha value is -0.0800. The average Bonchev–Trinajstić information content (AvgIpc) is 2.36. The first-order chi connectivity index (χ1) is 8.95. The first kappa shape index (κ1) is 15.3. The topological polar surface area (TPSA) is 15.3 Å². The molecule has 2 nitrogen and oxygen atoms in total. The predicted molar refractivity (Wildman–Crippen MR) is 83.4 cm³/mol. The third kappa shape index (κ3) is 4.75. The molecule has 1 aliphatic carbocycles. The molecule has 1 unspecified atom stereocenters. The van der Waals surface area contributed by atoms with E-state index in [1.54, 1.807) is 0 Å². The lowest BCUT2D eigenvalue weighted by Gasteiger charge is -2.38. The zero-order chi connectivity index (χ0) is 13.9. The van der Waals surface area contributed by atoms with Crippen LogP contribution in [0.3, 0.4) is 0 Å². The smallest absolute Gasteiger partial charge is 0.00673 e. The van der Waals surface area contributed by atoms with Crippen molar-refractivity contribution in [1.29, 1.82) is 0 Å². The van der Waals surface area contributed by atoms with Crippen molar-refractivity contribution in [3.8, 4) is 0 Å². The molecule has 2 aliphatic rings. The fourth-order valence-corrected chi connectivity index (χ4v) is 3.94. The van der Waals surface area contributed by atoms with Crippen molar-refractivity contribution in [2.24, 2.45) is 17.3 Å². The Labute approximate surface area is 120 Å². The molecule has 2 fully saturated rings. The van der Waals surface area contributed by atoms with E-state index in [0.29, 0.717) is 5.41 Å². The van der Waals surface area contributed by atoms with Crippen LogP contribution in [0.2, 0.25) is 0 Å². The molecule has 1 saturated heterocycles. The van der Waals surface area contributed by atoms with Crippen molar-refractivity contribution in [2.75, 3.05) is 26.7 Å². The number of piperidine rings is 1. The predicted octanol–water partition coefficient (Wildman–Crippen LogP) is 3.52. The van der Waals surface area contributed by atoms with Crippen LogP contribution in [-0.2, 0) is 0 Å². The van der Waals surface area contributed by atoms with Crippen LogP contribution in [0.1, 0.15) is 59.3 Å². The zero-order valence-corrected chi connectivity index (χ0v) is 13.5. The molecule has 112 valence electrons. The van der Waals surface area contributed by atoms with Crippen molar-refractivity contribution in [1.82, 2.24) is 10.2 Å². The number of nitrogens with one attached hydrogen (secondary N) is 1. The van der Waals surface area contributed by atoms with Gasteiger partial charge in [0.2, 0.25) is 0 Å². The number of hydrogen-bond donors (Lipinski definition) is 1. The van der Waals surface area contributed by atoms with E-state index < -0.39 is 0 Å². The molecule has 1 aliphatic heterocycles. The molecule has 0 aromatic carbocycles. The molecule has 0 bridgehead atoms. The minimum atomic E-state index is 0.511. The van der Waals surface area contributed by atoms with Gasteiger partial charge >= 0.3 is 0 Å². The summed E-state index contributed by atoms with van der Waals surface area (Å²) in [6.45, 7) is 11.1. The lowest BCUT2D eigenvalue weighted by molar-refractivity contribution is 0.152. The van der Waals surface area contributed by atoms with Gasteiger partial charge in [-0.05, 0) is 75.9 Å². The summed E-state index contributed by atoms with van der Waals surface area (Å²) in [6.07, 6.45) is 8.45. The molecule has 0 aromatic heterocycles. The second-order valence-electron chi connectivity index (χ2n) is 8.09. The van der Waals surface area contributed by atoms with Crippen LogP contribution in [0.5, 0.6) is 0 Å². The summed E-state index contributed by atoms with van der Waals surface area (Å²) in [4.78, 5) is 2.49. The van der Waals surface area contributed by atoms with Crippen molar-refractivity contribution in [3.05, 3.63) is 0 Å². The van der Waals surface area contributed by atoms with E-state index in [0.717, 1.165) is 17.9 Å². The third-order valence-corrected chi connectivity index (χ3v) is 5.37. The molecule has 1 heterocycles. The van der Waals surface area contributed by atoms with Gasteiger partial charge in [0.25, 0.3) is 0 Å². The molecule has 0 aromatic rings. The third-order valence-electron chi connectivity index (χ3n) is 5.37. The fraction of sp³-hybridized carbons (Fsp3) is 1.00. The summed E-state index contributed by atoms with van der Waals surface area (Å²) in [5, 5.41) is 3.86. The molecular weight excluding hydrogens is 232 g/mol. The fourth-order valence-electron chi connectivity index (χ4n) is 3.94. The van der Waals surface area contributed by atoms with Crippen LogP contribution in [0, 0.1) is 17.3 Å². The molecule has 2 rings (SSSR count). The van der Waals surface area contributed by atoms with Crippen LogP contribution < -0.4 is 5.32 Å². The first-order valence-electron chi connectivity index (χ1n) is 8.37. The van der Waals surface area contributed by atoms with Crippen LogP contribution in [0.15, 0.2) is 0 Å². The highest BCUT2D eigenvalue weighted by molar-refractivity contribution is 4.84. The Bertz CT molecular complexity index is 261. The van der Waals surface area contributed by atoms with E-state index in [9.17, 15) is 0 Å². The SMILES string of the molecule is CN1CCCC(CNC2CCC(C(C)(C)C)CC2)C1. The van der Waals surface area contributed by atoms with Gasteiger partial charge in [0.05, 0.1) is 0 Å². The average molecular weight is 266 g/mol. The van der Waals surface area contributed by atoms with Crippen molar-refractivity contribution >= 4 is 0 Å². The first-order valence-corrected chi connectivity index (χ1v) is 8.37. The van der Waals surface area contributed by atoms with Crippen LogP contribution in [0.25, 0.3) is 0 Å². The molecule has 2 heteroatoms. The van der Waals surface area contributed by atoms with E-state index in [-0.39, 0.29) is 0 Å². The summed E-state index contributed by atoms with van der Waals surface area (Å²) >= 11 is 0. The van der Waals surface area contributed by atoms with E-state index >= 15 is 0 Å². The largest absolute Gasteiger partial charge is 0.314 e. The van der Waals surface area contributed by atoms with Crippen molar-refractivity contribution in [2.45, 2.75) is 65.3 Å². The van der Waals surface area contributed by atoms with Crippen molar-refractivity contribution < 1.29 is 0 Å². The molecule has 1 N–H and O–H groups in total. The number of hydrogen-bond acceptors (Lipinski definition) is 2. The van der Waals surface area contributed by atoms with Gasteiger partial charge < -0.3 is 10.2 Å². The molecule has 1 atom stereocenters. The molecular formula is C17H34N2. The van der Waals surface area contributed by atoms with Crippen LogP contribution >= 0.6 is 0 Å². The maximum absolute atomic E-state index is 3.86. The molecule has 0 spiro atoms. The van der Waals surface area contributed by atoms with Gasteiger partial charge in [-0.25, -0.2) is 0 Å². The lowest BCUT2D eigenvalue weighted by atomic mass is 9.71. The van der Waals surface area contributed by atoms with E-state index in [1.807, 2.05) is 0 Å². The van der Waals surface area contributed by atoms with Gasteiger partial charge in [0.1, 0.15) is 0 Å². The van der Waals surface area contributed by atoms with Gasteiger partial charge in [0.15, 0.2) is 0 Å². The van der Waals surface area contributed by atoms with Gasteiger partial charge in [-0.3, -0.25) is 0 Å². The van der Waals surface area contributed by atoms with Gasteiger partial charge in [-0.15, -0.1) is 0 Å². The monoisotopic (exact) mass is 266 g/mol. The molecule has 1 saturated carbocycles. The normalized spacial score (nSPS) is 34.4. The minimum absolute atomic E-state index is 0.511. The summed E-state index contributed by atoms with van der Waals surface area (Å²) < 4.78 is 0. The van der Waals surface area contributed by atoms with E-state index in [4.69, 9.17) is 0 Å². The quantitative estimate of drug-likeness (QED) is 0.841. The summed E-state index contributed by atoms with van der Waals surface area (Å²) in [5.41, 5.74) is 0.511. The number of likely N-dealkylation sites (tertiary alicyclic amines) is 1. The van der Waals surface area contributed by atoms with E-state index in [1.165, 1.54) is 58.2 Å². The summed E-state index contributed by atoms with van der Waals surface area (Å²) in [7, 11) is 2.26. The van der Waals surface area contributed by atoms with Crippen LogP contribution in [0.4, 0.5) is 0 Å². The lowest BCUT2D eigenvalue weighted by Crippen LogP contribution is -2.42. The Morgan fingerprint density at radius 3 is 2.32 bits per heavy atom. The highest BCUT2D eigenvalue weighted by Gasteiger charge is 2.29. The summed E-state index contributed by atoms with van der Waals surface area (Å²) in [6, 6.07) is 0.797. The second-order valence-corrected chi connectivity index (χ2v) is 8.09.